The van der Waals surface area contributed by atoms with Gasteiger partial charge in [-0.2, -0.15) is 0 Å². The molecule has 160 valence electrons. The molecule has 0 radical (unpaired) electrons. The van der Waals surface area contributed by atoms with Gasteiger partial charge in [-0.05, 0) is 102 Å². The Morgan fingerprint density at radius 2 is 1.61 bits per heavy atom. The highest BCUT2D eigenvalue weighted by Gasteiger charge is 2.13. The van der Waals surface area contributed by atoms with E-state index in [0.717, 1.165) is 35.7 Å². The Balaban J connectivity index is 1.44. The zero-order valence-corrected chi connectivity index (χ0v) is 19.9. The van der Waals surface area contributed by atoms with Crippen LogP contribution in [-0.2, 0) is 19.3 Å². The topological polar surface area (TPSA) is 0 Å². The summed E-state index contributed by atoms with van der Waals surface area (Å²) in [4.78, 5) is 0. The van der Waals surface area contributed by atoms with Gasteiger partial charge in [0.15, 0.2) is 0 Å². The average Bonchev–Trinajstić information content (AvgIpc) is 3.20. The van der Waals surface area contributed by atoms with Gasteiger partial charge < -0.3 is 0 Å². The lowest BCUT2D eigenvalue weighted by atomic mass is 9.97. The molecule has 1 atom stereocenters. The highest BCUT2D eigenvalue weighted by atomic mass is 31.1. The van der Waals surface area contributed by atoms with Crippen molar-refractivity contribution in [2.24, 2.45) is 0 Å². The fraction of sp³-hybridized carbons (Fsp3) is 0.310. The minimum atomic E-state index is -0.0688. The predicted molar refractivity (Wildman–Crippen MR) is 136 cm³/mol. The molecular formula is C29H32FP. The monoisotopic (exact) mass is 430 g/mol. The first-order valence-corrected chi connectivity index (χ1v) is 13.0. The van der Waals surface area contributed by atoms with Crippen molar-refractivity contribution in [2.45, 2.75) is 52.4 Å². The molecule has 1 aliphatic carbocycles. The van der Waals surface area contributed by atoms with Crippen molar-refractivity contribution in [1.82, 2.24) is 0 Å². The Morgan fingerprint density at radius 3 is 2.35 bits per heavy atom. The summed E-state index contributed by atoms with van der Waals surface area (Å²) in [7, 11) is 0.631. The smallest absolute Gasteiger partial charge is 0.127 e. The van der Waals surface area contributed by atoms with Crippen molar-refractivity contribution in [3.8, 4) is 11.1 Å². The number of halogens is 1. The predicted octanol–water partition coefficient (Wildman–Crippen LogP) is 7.65. The maximum atomic E-state index is 14.2. The summed E-state index contributed by atoms with van der Waals surface area (Å²) in [6.07, 6.45) is 9.08. The SMILES string of the molecule is CCCCC1=Cc2cc(-c3ccc(CCc4cc(F)c(C)c(PC)c4)cc3)ccc2C1. The standard InChI is InChI=1S/C29H32FP/c1-4-5-6-22-15-25-13-14-26(19-27(25)16-22)24-11-9-21(10-12-24)7-8-23-17-28(30)20(2)29(18-23)31-3/h9-14,16-19,31H,4-8,15H2,1-3H3. The zero-order chi connectivity index (χ0) is 21.8. The van der Waals surface area contributed by atoms with Crippen molar-refractivity contribution in [3.63, 3.8) is 0 Å². The molecule has 3 aromatic carbocycles. The minimum absolute atomic E-state index is 0.0688. The Kier molecular flexibility index (Phi) is 7.03. The van der Waals surface area contributed by atoms with Crippen LogP contribution in [0.1, 0.15) is 54.0 Å². The Bertz CT molecular complexity index is 1090. The van der Waals surface area contributed by atoms with Crippen LogP contribution in [0, 0.1) is 12.7 Å². The molecule has 0 nitrogen and oxygen atoms in total. The van der Waals surface area contributed by atoms with Gasteiger partial charge in [-0.15, -0.1) is 0 Å². The molecule has 0 bridgehead atoms. The van der Waals surface area contributed by atoms with Crippen LogP contribution in [0.4, 0.5) is 4.39 Å². The van der Waals surface area contributed by atoms with Gasteiger partial charge in [-0.1, -0.05) is 76.0 Å². The van der Waals surface area contributed by atoms with Crippen molar-refractivity contribution < 1.29 is 4.39 Å². The molecular weight excluding hydrogens is 398 g/mol. The molecule has 0 heterocycles. The number of hydrogen-bond donors (Lipinski definition) is 0. The van der Waals surface area contributed by atoms with E-state index in [9.17, 15) is 4.39 Å². The second-order valence-electron chi connectivity index (χ2n) is 8.69. The number of benzene rings is 3. The van der Waals surface area contributed by atoms with Gasteiger partial charge in [0, 0.05) is 0 Å². The number of fused-ring (bicyclic) bond motifs is 1. The second-order valence-corrected chi connectivity index (χ2v) is 9.73. The molecule has 0 amide bonds. The largest absolute Gasteiger partial charge is 0.207 e. The van der Waals surface area contributed by atoms with E-state index in [1.54, 1.807) is 11.6 Å². The molecule has 1 aliphatic rings. The van der Waals surface area contributed by atoms with E-state index in [1.165, 1.54) is 47.1 Å². The van der Waals surface area contributed by atoms with Gasteiger partial charge in [0.1, 0.15) is 5.82 Å². The summed E-state index contributed by atoms with van der Waals surface area (Å²) < 4.78 is 14.2. The molecule has 0 spiro atoms. The molecule has 0 aromatic heterocycles. The molecule has 0 saturated carbocycles. The Labute approximate surface area is 188 Å². The van der Waals surface area contributed by atoms with Crippen LogP contribution in [0.5, 0.6) is 0 Å². The van der Waals surface area contributed by atoms with E-state index < -0.39 is 0 Å². The highest BCUT2D eigenvalue weighted by Crippen LogP contribution is 2.32. The number of hydrogen-bond acceptors (Lipinski definition) is 0. The molecule has 1 unspecified atom stereocenters. The van der Waals surface area contributed by atoms with E-state index in [-0.39, 0.29) is 5.82 Å². The van der Waals surface area contributed by atoms with Gasteiger partial charge in [0.2, 0.25) is 0 Å². The van der Waals surface area contributed by atoms with Crippen LogP contribution in [0.3, 0.4) is 0 Å². The number of unbranched alkanes of at least 4 members (excludes halogenated alkanes) is 1. The molecule has 0 saturated heterocycles. The second kappa shape index (κ2) is 9.92. The van der Waals surface area contributed by atoms with Crippen LogP contribution in [-0.4, -0.2) is 6.66 Å². The van der Waals surface area contributed by atoms with Crippen molar-refractivity contribution in [2.75, 3.05) is 6.66 Å². The molecule has 0 N–H and O–H groups in total. The van der Waals surface area contributed by atoms with E-state index in [4.69, 9.17) is 0 Å². The normalized spacial score (nSPS) is 13.1. The van der Waals surface area contributed by atoms with Crippen molar-refractivity contribution in [1.29, 1.82) is 0 Å². The van der Waals surface area contributed by atoms with E-state index in [0.29, 0.717) is 8.58 Å². The van der Waals surface area contributed by atoms with E-state index in [2.05, 4.69) is 68.2 Å². The Hall–Kier alpha value is -2.24. The summed E-state index contributed by atoms with van der Waals surface area (Å²) in [5, 5.41) is 1.15. The van der Waals surface area contributed by atoms with Crippen LogP contribution < -0.4 is 5.30 Å². The lowest BCUT2D eigenvalue weighted by Gasteiger charge is -2.10. The molecule has 0 aliphatic heterocycles. The molecule has 3 aromatic rings. The molecule has 4 rings (SSSR count). The summed E-state index contributed by atoms with van der Waals surface area (Å²) in [6.45, 7) is 6.25. The van der Waals surface area contributed by atoms with Gasteiger partial charge >= 0.3 is 0 Å². The van der Waals surface area contributed by atoms with Crippen molar-refractivity contribution >= 4 is 20.0 Å². The third-order valence-electron chi connectivity index (χ3n) is 6.44. The number of rotatable bonds is 8. The van der Waals surface area contributed by atoms with Crippen LogP contribution >= 0.6 is 8.58 Å². The fourth-order valence-electron chi connectivity index (χ4n) is 4.44. The minimum Gasteiger partial charge on any atom is -0.207 e. The average molecular weight is 431 g/mol. The first-order valence-electron chi connectivity index (χ1n) is 11.5. The molecule has 31 heavy (non-hydrogen) atoms. The number of allylic oxidation sites excluding steroid dienone is 1. The summed E-state index contributed by atoms with van der Waals surface area (Å²) in [5.41, 5.74) is 10.2. The van der Waals surface area contributed by atoms with Crippen molar-refractivity contribution in [3.05, 3.63) is 93.8 Å². The maximum absolute atomic E-state index is 14.2. The first-order chi connectivity index (χ1) is 15.1. The third-order valence-corrected chi connectivity index (χ3v) is 7.50. The van der Waals surface area contributed by atoms with Gasteiger partial charge in [0.25, 0.3) is 0 Å². The first kappa shape index (κ1) is 22.0. The molecule has 0 fully saturated rings. The number of aryl methyl sites for hydroxylation is 2. The van der Waals surface area contributed by atoms with Gasteiger partial charge in [0.05, 0.1) is 0 Å². The lowest BCUT2D eigenvalue weighted by Crippen LogP contribution is -2.06. The summed E-state index contributed by atoms with van der Waals surface area (Å²) in [5.74, 6) is -0.0688. The van der Waals surface area contributed by atoms with Crippen LogP contribution in [0.25, 0.3) is 17.2 Å². The highest BCUT2D eigenvalue weighted by molar-refractivity contribution is 7.46. The van der Waals surface area contributed by atoms with E-state index >= 15 is 0 Å². The molecule has 2 heteroatoms. The summed E-state index contributed by atoms with van der Waals surface area (Å²) in [6, 6.07) is 19.7. The van der Waals surface area contributed by atoms with Gasteiger partial charge in [-0.25, -0.2) is 4.39 Å². The van der Waals surface area contributed by atoms with Crippen LogP contribution in [0.2, 0.25) is 0 Å². The Morgan fingerprint density at radius 1 is 0.871 bits per heavy atom. The summed E-state index contributed by atoms with van der Waals surface area (Å²) >= 11 is 0. The quantitative estimate of drug-likeness (QED) is 0.322. The lowest BCUT2D eigenvalue weighted by molar-refractivity contribution is 0.617. The van der Waals surface area contributed by atoms with E-state index in [1.807, 2.05) is 6.92 Å². The zero-order valence-electron chi connectivity index (χ0n) is 18.9. The maximum Gasteiger partial charge on any atom is 0.127 e. The van der Waals surface area contributed by atoms with Crippen LogP contribution in [0.15, 0.2) is 60.2 Å². The third kappa shape index (κ3) is 5.16. The van der Waals surface area contributed by atoms with Gasteiger partial charge in [-0.3, -0.25) is 0 Å². The fourth-order valence-corrected chi connectivity index (χ4v) is 5.27.